The molecule has 0 radical (unpaired) electrons. The third-order valence-corrected chi connectivity index (χ3v) is 1.32. The van der Waals surface area contributed by atoms with E-state index in [0.717, 1.165) is 5.69 Å². The van der Waals surface area contributed by atoms with Gasteiger partial charge in [-0.05, 0) is 0 Å². The fourth-order valence-corrected chi connectivity index (χ4v) is 0.823. The molecule has 0 saturated carbocycles. The SMILES string of the molecule is C[N+]#Cc1cc(CO)nn1C. The highest BCUT2D eigenvalue weighted by atomic mass is 16.3. The fraction of sp³-hybridized carbons (Fsp3) is 0.429. The highest BCUT2D eigenvalue weighted by Crippen LogP contribution is 2.00. The van der Waals surface area contributed by atoms with E-state index in [1.165, 1.54) is 0 Å². The Bertz CT molecular complexity index is 305. The first kappa shape index (κ1) is 7.76. The maximum Gasteiger partial charge on any atom is 0.330 e. The summed E-state index contributed by atoms with van der Waals surface area (Å²) in [5.74, 6) is 0. The quantitative estimate of drug-likeness (QED) is 0.625. The number of hydrogen-bond donors (Lipinski definition) is 1. The van der Waals surface area contributed by atoms with Crippen molar-refractivity contribution in [3.05, 3.63) is 22.3 Å². The molecular formula is C7H10N3O+. The molecule has 1 N–H and O–H groups in total. The first-order chi connectivity index (χ1) is 5.27. The van der Waals surface area contributed by atoms with Gasteiger partial charge in [0.1, 0.15) is 0 Å². The molecule has 0 bridgehead atoms. The zero-order valence-electron chi connectivity index (χ0n) is 6.57. The lowest BCUT2D eigenvalue weighted by Crippen LogP contribution is -1.94. The Morgan fingerprint density at radius 2 is 2.55 bits per heavy atom. The number of aliphatic hydroxyl groups is 1. The molecular weight excluding hydrogens is 142 g/mol. The third-order valence-electron chi connectivity index (χ3n) is 1.32. The van der Waals surface area contributed by atoms with Crippen LogP contribution in [0.2, 0.25) is 0 Å². The average molecular weight is 152 g/mol. The van der Waals surface area contributed by atoms with Crippen LogP contribution in [0.25, 0.3) is 4.85 Å². The second-order valence-corrected chi connectivity index (χ2v) is 2.14. The van der Waals surface area contributed by atoms with Crippen LogP contribution in [0.4, 0.5) is 0 Å². The van der Waals surface area contributed by atoms with Crippen molar-refractivity contribution in [1.29, 1.82) is 0 Å². The lowest BCUT2D eigenvalue weighted by molar-refractivity contribution is 0.275. The van der Waals surface area contributed by atoms with E-state index in [1.54, 1.807) is 24.8 Å². The number of hydrogen-bond acceptors (Lipinski definition) is 2. The van der Waals surface area contributed by atoms with Crippen molar-refractivity contribution >= 4 is 0 Å². The maximum atomic E-state index is 8.71. The summed E-state index contributed by atoms with van der Waals surface area (Å²) in [5, 5.41) is 12.7. The first-order valence-corrected chi connectivity index (χ1v) is 3.26. The predicted octanol–water partition coefficient (Wildman–Crippen LogP) is 0.223. The second-order valence-electron chi connectivity index (χ2n) is 2.14. The summed E-state index contributed by atoms with van der Waals surface area (Å²) in [7, 11) is 3.43. The van der Waals surface area contributed by atoms with E-state index in [1.807, 2.05) is 0 Å². The molecule has 11 heavy (non-hydrogen) atoms. The largest absolute Gasteiger partial charge is 0.390 e. The van der Waals surface area contributed by atoms with Gasteiger partial charge in [0, 0.05) is 13.1 Å². The van der Waals surface area contributed by atoms with Crippen LogP contribution in [-0.2, 0) is 13.7 Å². The average Bonchev–Trinajstić information content (AvgIpc) is 2.33. The van der Waals surface area contributed by atoms with Gasteiger partial charge in [-0.3, -0.25) is 4.68 Å². The molecule has 0 aliphatic heterocycles. The van der Waals surface area contributed by atoms with Gasteiger partial charge in [-0.25, -0.2) is 0 Å². The molecule has 0 aromatic carbocycles. The Morgan fingerprint density at radius 3 is 3.00 bits per heavy atom. The number of nitrogens with zero attached hydrogens (tertiary/aromatic N) is 3. The van der Waals surface area contributed by atoms with Crippen LogP contribution in [0.1, 0.15) is 11.4 Å². The summed E-state index contributed by atoms with van der Waals surface area (Å²) in [5.41, 5.74) is 1.41. The number of aryl methyl sites for hydroxylation is 1. The van der Waals surface area contributed by atoms with E-state index < -0.39 is 0 Å². The van der Waals surface area contributed by atoms with Crippen LogP contribution < -0.4 is 0 Å². The molecule has 58 valence electrons. The van der Waals surface area contributed by atoms with Gasteiger partial charge in [0.15, 0.2) is 5.69 Å². The van der Waals surface area contributed by atoms with Gasteiger partial charge in [-0.1, -0.05) is 4.85 Å². The van der Waals surface area contributed by atoms with Gasteiger partial charge < -0.3 is 5.11 Å². The van der Waals surface area contributed by atoms with Crippen LogP contribution >= 0.6 is 0 Å². The molecule has 0 amide bonds. The minimum absolute atomic E-state index is 0.0424. The van der Waals surface area contributed by atoms with Crippen molar-refractivity contribution in [1.82, 2.24) is 9.78 Å². The van der Waals surface area contributed by atoms with Crippen LogP contribution in [0, 0.1) is 6.07 Å². The Labute approximate surface area is 64.9 Å². The van der Waals surface area contributed by atoms with E-state index in [0.29, 0.717) is 5.69 Å². The number of rotatable bonds is 1. The Kier molecular flexibility index (Phi) is 2.24. The lowest BCUT2D eigenvalue weighted by Gasteiger charge is -1.84. The summed E-state index contributed by atoms with van der Waals surface area (Å²) < 4.78 is 1.62. The van der Waals surface area contributed by atoms with Crippen LogP contribution in [0.3, 0.4) is 0 Å². The highest BCUT2D eigenvalue weighted by Gasteiger charge is 2.04. The zero-order chi connectivity index (χ0) is 8.27. The summed E-state index contributed by atoms with van der Waals surface area (Å²) >= 11 is 0. The summed E-state index contributed by atoms with van der Waals surface area (Å²) in [4.78, 5) is 3.72. The van der Waals surface area contributed by atoms with Crippen molar-refractivity contribution in [2.24, 2.45) is 7.05 Å². The van der Waals surface area contributed by atoms with Gasteiger partial charge >= 0.3 is 6.07 Å². The van der Waals surface area contributed by atoms with E-state index in [9.17, 15) is 0 Å². The number of aromatic nitrogens is 2. The molecule has 0 unspecified atom stereocenters. The minimum Gasteiger partial charge on any atom is -0.390 e. The molecule has 4 nitrogen and oxygen atoms in total. The molecule has 0 fully saturated rings. The summed E-state index contributed by atoms with van der Waals surface area (Å²) in [6.45, 7) is -0.0424. The predicted molar refractivity (Wildman–Crippen MR) is 41.4 cm³/mol. The molecule has 0 spiro atoms. The fourth-order valence-electron chi connectivity index (χ4n) is 0.823. The van der Waals surface area contributed by atoms with Gasteiger partial charge in [0.05, 0.1) is 12.3 Å². The number of aliphatic hydroxyl groups excluding tert-OH is 1. The standard InChI is InChI=1S/C7H10N3O/c1-8-4-7-3-6(5-11)9-10(7)2/h3,11H,5H2,1-2H3/q+1. The van der Waals surface area contributed by atoms with Gasteiger partial charge in [-0.2, -0.15) is 5.10 Å². The van der Waals surface area contributed by atoms with Crippen molar-refractivity contribution in [2.75, 3.05) is 7.05 Å². The van der Waals surface area contributed by atoms with E-state index in [2.05, 4.69) is 16.0 Å². The lowest BCUT2D eigenvalue weighted by atomic mass is 10.4. The van der Waals surface area contributed by atoms with Crippen LogP contribution in [0.5, 0.6) is 0 Å². The summed E-state index contributed by atoms with van der Waals surface area (Å²) in [6.07, 6.45) is 0. The highest BCUT2D eigenvalue weighted by molar-refractivity contribution is 5.25. The van der Waals surface area contributed by atoms with Crippen molar-refractivity contribution in [3.8, 4) is 6.07 Å². The molecule has 0 aliphatic carbocycles. The van der Waals surface area contributed by atoms with E-state index in [-0.39, 0.29) is 6.61 Å². The van der Waals surface area contributed by atoms with Gasteiger partial charge in [0.25, 0.3) is 7.05 Å². The maximum absolute atomic E-state index is 8.71. The molecule has 0 atom stereocenters. The topological polar surface area (TPSA) is 42.4 Å². The molecule has 0 aliphatic rings. The molecule has 1 heterocycles. The molecule has 1 aromatic heterocycles. The van der Waals surface area contributed by atoms with Crippen molar-refractivity contribution in [2.45, 2.75) is 6.61 Å². The Balaban J connectivity index is 3.03. The summed E-state index contributed by atoms with van der Waals surface area (Å²) in [6, 6.07) is 4.49. The van der Waals surface area contributed by atoms with E-state index >= 15 is 0 Å². The van der Waals surface area contributed by atoms with Crippen molar-refractivity contribution in [3.63, 3.8) is 0 Å². The third kappa shape index (κ3) is 1.57. The first-order valence-electron chi connectivity index (χ1n) is 3.26. The van der Waals surface area contributed by atoms with Gasteiger partial charge in [0.2, 0.25) is 0 Å². The Morgan fingerprint density at radius 1 is 1.82 bits per heavy atom. The smallest absolute Gasteiger partial charge is 0.330 e. The second kappa shape index (κ2) is 3.17. The van der Waals surface area contributed by atoms with Gasteiger partial charge in [-0.15, -0.1) is 0 Å². The van der Waals surface area contributed by atoms with Crippen LogP contribution in [0.15, 0.2) is 6.07 Å². The Hall–Kier alpha value is -1.34. The van der Waals surface area contributed by atoms with Crippen molar-refractivity contribution < 1.29 is 5.11 Å². The molecule has 0 saturated heterocycles. The normalized spacial score (nSPS) is 9.00. The van der Waals surface area contributed by atoms with E-state index in [4.69, 9.17) is 5.11 Å². The molecule has 1 aromatic rings. The molecule has 1 rings (SSSR count). The zero-order valence-corrected chi connectivity index (χ0v) is 6.57. The minimum atomic E-state index is -0.0424. The molecule has 4 heteroatoms. The van der Waals surface area contributed by atoms with Crippen LogP contribution in [-0.4, -0.2) is 21.9 Å². The monoisotopic (exact) mass is 152 g/mol.